The number of hydrogen-bond acceptors (Lipinski definition) is 5. The van der Waals surface area contributed by atoms with Gasteiger partial charge in [-0.2, -0.15) is 9.57 Å². The van der Waals surface area contributed by atoms with Crippen molar-refractivity contribution in [3.8, 4) is 6.07 Å². The van der Waals surface area contributed by atoms with Crippen LogP contribution in [0.4, 0.5) is 5.69 Å². The Bertz CT molecular complexity index is 1500. The molecule has 7 nitrogen and oxygen atoms in total. The Hall–Kier alpha value is -3.64. The Morgan fingerprint density at radius 3 is 2.41 bits per heavy atom. The number of imidazole rings is 1. The van der Waals surface area contributed by atoms with Gasteiger partial charge in [-0.1, -0.05) is 48.5 Å². The van der Waals surface area contributed by atoms with Crippen LogP contribution >= 0.6 is 12.4 Å². The first-order valence-corrected chi connectivity index (χ1v) is 13.2. The molecule has 0 fully saturated rings. The molecule has 5 rings (SSSR count). The lowest BCUT2D eigenvalue weighted by Gasteiger charge is -2.41. The van der Waals surface area contributed by atoms with Crippen molar-refractivity contribution in [2.45, 2.75) is 30.4 Å². The van der Waals surface area contributed by atoms with E-state index in [9.17, 15) is 13.7 Å². The Kier molecular flexibility index (Phi) is 7.98. The van der Waals surface area contributed by atoms with E-state index >= 15 is 0 Å². The molecule has 3 aromatic carbocycles. The van der Waals surface area contributed by atoms with Crippen LogP contribution in [0.2, 0.25) is 0 Å². The second-order valence-corrected chi connectivity index (χ2v) is 10.9. The molecular weight excluding hydrogens is 506 g/mol. The predicted octanol–water partition coefficient (Wildman–Crippen LogP) is 4.54. The molecule has 1 atom stereocenters. The number of nitrogens with zero attached hydrogens (tertiary/aromatic N) is 5. The van der Waals surface area contributed by atoms with Crippen LogP contribution in [0.1, 0.15) is 22.4 Å². The number of aryl methyl sites for hydroxylation is 1. The largest absolute Gasteiger partial charge is 0.364 e. The minimum Gasteiger partial charge on any atom is -0.364 e. The summed E-state index contributed by atoms with van der Waals surface area (Å²) in [5.74, 6) is 0. The van der Waals surface area contributed by atoms with Crippen LogP contribution in [0.3, 0.4) is 0 Å². The molecule has 37 heavy (non-hydrogen) atoms. The topological polar surface area (TPSA) is 82.2 Å². The van der Waals surface area contributed by atoms with Crippen LogP contribution in [-0.2, 0) is 36.6 Å². The Balaban J connectivity index is 0.00000320. The smallest absolute Gasteiger partial charge is 0.243 e. The quantitative estimate of drug-likeness (QED) is 0.348. The summed E-state index contributed by atoms with van der Waals surface area (Å²) in [6.07, 6.45) is 4.11. The minimum atomic E-state index is -3.79. The summed E-state index contributed by atoms with van der Waals surface area (Å²) in [5.41, 5.74) is 4.49. The summed E-state index contributed by atoms with van der Waals surface area (Å²) in [6.45, 7) is 1.36. The normalized spacial score (nSPS) is 15.1. The second-order valence-electron chi connectivity index (χ2n) is 9.04. The molecule has 0 unspecified atom stereocenters. The number of rotatable bonds is 7. The summed E-state index contributed by atoms with van der Waals surface area (Å²) in [6, 6.07) is 25.8. The number of halogens is 1. The van der Waals surface area contributed by atoms with Crippen molar-refractivity contribution in [3.05, 3.63) is 114 Å². The third-order valence-corrected chi connectivity index (χ3v) is 8.56. The van der Waals surface area contributed by atoms with Gasteiger partial charge < -0.3 is 9.47 Å². The van der Waals surface area contributed by atoms with Crippen LogP contribution in [-0.4, -0.2) is 34.9 Å². The maximum Gasteiger partial charge on any atom is 0.243 e. The lowest BCUT2D eigenvalue weighted by molar-refractivity contribution is 0.302. The average Bonchev–Trinajstić information content (AvgIpc) is 3.31. The number of hydrogen-bond donors (Lipinski definition) is 0. The molecule has 0 amide bonds. The molecule has 9 heteroatoms. The van der Waals surface area contributed by atoms with E-state index in [-0.39, 0.29) is 29.9 Å². The highest BCUT2D eigenvalue weighted by atomic mass is 35.5. The molecule has 0 bridgehead atoms. The van der Waals surface area contributed by atoms with Crippen molar-refractivity contribution >= 4 is 28.1 Å². The van der Waals surface area contributed by atoms with Gasteiger partial charge in [0.2, 0.25) is 10.0 Å². The lowest BCUT2D eigenvalue weighted by Crippen LogP contribution is -2.50. The van der Waals surface area contributed by atoms with Crippen molar-refractivity contribution in [2.75, 3.05) is 11.4 Å². The maximum absolute atomic E-state index is 14.0. The Morgan fingerprint density at radius 2 is 1.76 bits per heavy atom. The van der Waals surface area contributed by atoms with Crippen LogP contribution in [0.15, 0.2) is 96.3 Å². The highest BCUT2D eigenvalue weighted by Gasteiger charge is 2.36. The highest BCUT2D eigenvalue weighted by molar-refractivity contribution is 7.89. The Morgan fingerprint density at radius 1 is 1.05 bits per heavy atom. The average molecular weight is 534 g/mol. The van der Waals surface area contributed by atoms with Crippen molar-refractivity contribution in [3.63, 3.8) is 0 Å². The summed E-state index contributed by atoms with van der Waals surface area (Å²) in [5, 5.41) is 9.52. The fraction of sp³-hybridized carbons (Fsp3) is 0.214. The molecule has 0 radical (unpaired) electrons. The molecule has 0 saturated heterocycles. The van der Waals surface area contributed by atoms with E-state index in [0.717, 1.165) is 22.5 Å². The van der Waals surface area contributed by atoms with Gasteiger partial charge in [0.15, 0.2) is 0 Å². The van der Waals surface area contributed by atoms with Gasteiger partial charge in [0.25, 0.3) is 0 Å². The second kappa shape index (κ2) is 11.2. The van der Waals surface area contributed by atoms with E-state index in [1.54, 1.807) is 34.9 Å². The van der Waals surface area contributed by atoms with Crippen molar-refractivity contribution < 1.29 is 8.42 Å². The molecule has 190 valence electrons. The van der Waals surface area contributed by atoms with Crippen LogP contribution in [0, 0.1) is 11.3 Å². The lowest BCUT2D eigenvalue weighted by atomic mass is 9.95. The number of sulfonamides is 1. The van der Waals surface area contributed by atoms with E-state index in [4.69, 9.17) is 0 Å². The standard InChI is InChI=1S/C28H27N5O2S.ClH/c1-31-21-30-17-26(31)20-32-19-25(15-24-14-23(16-29)12-13-28(24)32)33(18-22-8-4-2-5-9-22)36(34,35)27-10-6-3-7-11-27;/h2-14,17,21,25H,15,18-20H2,1H3;1H/t25-;/m1./s1. The van der Waals surface area contributed by atoms with E-state index in [2.05, 4.69) is 16.0 Å². The monoisotopic (exact) mass is 533 g/mol. The zero-order chi connectivity index (χ0) is 25.1. The first kappa shape index (κ1) is 26.4. The minimum absolute atomic E-state index is 0. The van der Waals surface area contributed by atoms with Crippen LogP contribution < -0.4 is 4.90 Å². The molecule has 0 N–H and O–H groups in total. The maximum atomic E-state index is 14.0. The molecule has 2 heterocycles. The van der Waals surface area contributed by atoms with Crippen molar-refractivity contribution in [1.82, 2.24) is 13.9 Å². The van der Waals surface area contributed by atoms with Gasteiger partial charge in [0, 0.05) is 38.1 Å². The van der Waals surface area contributed by atoms with Gasteiger partial charge in [-0.3, -0.25) is 0 Å². The summed E-state index contributed by atoms with van der Waals surface area (Å²) in [4.78, 5) is 6.71. The molecule has 0 saturated carbocycles. The summed E-state index contributed by atoms with van der Waals surface area (Å²) >= 11 is 0. The van der Waals surface area contributed by atoms with Gasteiger partial charge >= 0.3 is 0 Å². The molecule has 1 aromatic heterocycles. The fourth-order valence-electron chi connectivity index (χ4n) is 4.77. The highest BCUT2D eigenvalue weighted by Crippen LogP contribution is 2.34. The van der Waals surface area contributed by atoms with E-state index in [1.165, 1.54) is 0 Å². The van der Waals surface area contributed by atoms with Gasteiger partial charge in [0.1, 0.15) is 0 Å². The number of nitriles is 1. The number of anilines is 1. The fourth-order valence-corrected chi connectivity index (χ4v) is 6.40. The molecule has 4 aromatic rings. The number of fused-ring (bicyclic) bond motifs is 1. The van der Waals surface area contributed by atoms with E-state index < -0.39 is 10.0 Å². The van der Waals surface area contributed by atoms with Gasteiger partial charge in [-0.05, 0) is 47.9 Å². The third-order valence-electron chi connectivity index (χ3n) is 6.64. The third kappa shape index (κ3) is 5.54. The van der Waals surface area contributed by atoms with E-state index in [1.807, 2.05) is 72.4 Å². The van der Waals surface area contributed by atoms with Crippen molar-refractivity contribution in [1.29, 1.82) is 5.26 Å². The van der Waals surface area contributed by atoms with E-state index in [0.29, 0.717) is 25.1 Å². The summed E-state index contributed by atoms with van der Waals surface area (Å²) < 4.78 is 31.6. The molecular formula is C28H28ClN5O2S. The number of aromatic nitrogens is 2. The predicted molar refractivity (Wildman–Crippen MR) is 146 cm³/mol. The molecule has 1 aliphatic rings. The Labute approximate surface area is 224 Å². The molecule has 0 spiro atoms. The van der Waals surface area contributed by atoms with Crippen LogP contribution in [0.5, 0.6) is 0 Å². The first-order chi connectivity index (χ1) is 17.5. The molecule has 1 aliphatic heterocycles. The SMILES string of the molecule is Cl.Cn1cncc1CN1C[C@H](N(Cc2ccccc2)S(=O)(=O)c2ccccc2)Cc2cc(C#N)ccc21. The zero-order valence-corrected chi connectivity index (χ0v) is 22.1. The first-order valence-electron chi connectivity index (χ1n) is 11.8. The van der Waals surface area contributed by atoms with Gasteiger partial charge in [-0.25, -0.2) is 13.4 Å². The number of benzene rings is 3. The van der Waals surface area contributed by atoms with Gasteiger partial charge in [0.05, 0.1) is 35.1 Å². The van der Waals surface area contributed by atoms with Crippen molar-refractivity contribution in [2.24, 2.45) is 7.05 Å². The zero-order valence-electron chi connectivity index (χ0n) is 20.4. The van der Waals surface area contributed by atoms with Crippen LogP contribution in [0.25, 0.3) is 0 Å². The summed E-state index contributed by atoms with van der Waals surface area (Å²) in [7, 11) is -1.84. The van der Waals surface area contributed by atoms with Gasteiger partial charge in [-0.15, -0.1) is 12.4 Å². The molecule has 0 aliphatic carbocycles.